The maximum absolute atomic E-state index is 11.3. The van der Waals surface area contributed by atoms with Gasteiger partial charge in [0.2, 0.25) is 0 Å². The van der Waals surface area contributed by atoms with Crippen LogP contribution in [0.4, 0.5) is 0 Å². The van der Waals surface area contributed by atoms with Gasteiger partial charge in [-0.1, -0.05) is 28.9 Å². The molecule has 5 heteroatoms. The number of halogens is 1. The van der Waals surface area contributed by atoms with E-state index in [1.54, 1.807) is 19.1 Å². The Morgan fingerprint density at radius 1 is 1.43 bits per heavy atom. The van der Waals surface area contributed by atoms with Crippen LogP contribution in [-0.2, 0) is 15.6 Å². The summed E-state index contributed by atoms with van der Waals surface area (Å²) in [6, 6.07) is 4.80. The molecule has 0 unspecified atom stereocenters. The molecule has 1 rings (SSSR count). The summed E-state index contributed by atoms with van der Waals surface area (Å²) in [5, 5.41) is 9.46. The highest BCUT2D eigenvalue weighted by molar-refractivity contribution is 9.10. The molecular formula is C9H11BrO3S. The van der Waals surface area contributed by atoms with Crippen molar-refractivity contribution in [3.05, 3.63) is 28.2 Å². The van der Waals surface area contributed by atoms with Gasteiger partial charge in [0.05, 0.1) is 5.75 Å². The SMILES string of the molecule is CCS(=O)(=O)Cc1ccc(Br)cc1O. The van der Waals surface area contributed by atoms with Gasteiger partial charge in [-0.25, -0.2) is 8.42 Å². The van der Waals surface area contributed by atoms with Crippen molar-refractivity contribution in [1.29, 1.82) is 0 Å². The third-order valence-electron chi connectivity index (χ3n) is 1.86. The Hall–Kier alpha value is -0.550. The Balaban J connectivity index is 2.99. The first-order valence-electron chi connectivity index (χ1n) is 4.12. The van der Waals surface area contributed by atoms with Crippen molar-refractivity contribution in [3.63, 3.8) is 0 Å². The Labute approximate surface area is 91.8 Å². The molecule has 1 aromatic rings. The van der Waals surface area contributed by atoms with Gasteiger partial charge >= 0.3 is 0 Å². The van der Waals surface area contributed by atoms with E-state index in [1.165, 1.54) is 6.07 Å². The van der Waals surface area contributed by atoms with Crippen molar-refractivity contribution in [2.45, 2.75) is 12.7 Å². The van der Waals surface area contributed by atoms with Crippen molar-refractivity contribution in [1.82, 2.24) is 0 Å². The average molecular weight is 279 g/mol. The maximum Gasteiger partial charge on any atom is 0.154 e. The molecule has 0 fully saturated rings. The monoisotopic (exact) mass is 278 g/mol. The molecule has 78 valence electrons. The first-order valence-corrected chi connectivity index (χ1v) is 6.74. The van der Waals surface area contributed by atoms with E-state index in [0.717, 1.165) is 4.47 Å². The molecule has 1 aromatic carbocycles. The van der Waals surface area contributed by atoms with E-state index >= 15 is 0 Å². The molecule has 0 aromatic heterocycles. The number of sulfone groups is 1. The van der Waals surface area contributed by atoms with E-state index in [-0.39, 0.29) is 17.3 Å². The van der Waals surface area contributed by atoms with E-state index in [0.29, 0.717) is 5.56 Å². The van der Waals surface area contributed by atoms with Crippen LogP contribution in [0, 0.1) is 0 Å². The lowest BCUT2D eigenvalue weighted by molar-refractivity contribution is 0.469. The summed E-state index contributed by atoms with van der Waals surface area (Å²) in [6.07, 6.45) is 0. The number of aromatic hydroxyl groups is 1. The molecular weight excluding hydrogens is 268 g/mol. The third kappa shape index (κ3) is 2.99. The minimum atomic E-state index is -3.08. The van der Waals surface area contributed by atoms with Crippen molar-refractivity contribution in [3.8, 4) is 5.75 Å². The van der Waals surface area contributed by atoms with Crippen LogP contribution in [0.15, 0.2) is 22.7 Å². The zero-order valence-electron chi connectivity index (χ0n) is 7.70. The zero-order valence-corrected chi connectivity index (χ0v) is 10.1. The molecule has 3 nitrogen and oxygen atoms in total. The number of phenols is 1. The Bertz CT molecular complexity index is 426. The van der Waals surface area contributed by atoms with Crippen LogP contribution in [0.5, 0.6) is 5.75 Å². The molecule has 0 aliphatic carbocycles. The molecule has 1 N–H and O–H groups in total. The second kappa shape index (κ2) is 4.31. The first-order chi connectivity index (χ1) is 6.44. The smallest absolute Gasteiger partial charge is 0.154 e. The van der Waals surface area contributed by atoms with Gasteiger partial charge in [-0.2, -0.15) is 0 Å². The summed E-state index contributed by atoms with van der Waals surface area (Å²) in [5.74, 6) is -0.0121. The van der Waals surface area contributed by atoms with Crippen LogP contribution in [0.3, 0.4) is 0 Å². The lowest BCUT2D eigenvalue weighted by atomic mass is 10.2. The van der Waals surface area contributed by atoms with Crippen LogP contribution < -0.4 is 0 Å². The average Bonchev–Trinajstić information content (AvgIpc) is 2.10. The molecule has 0 heterocycles. The molecule has 0 aliphatic rings. The van der Waals surface area contributed by atoms with Gasteiger partial charge in [0.15, 0.2) is 9.84 Å². The van der Waals surface area contributed by atoms with Crippen LogP contribution in [0.2, 0.25) is 0 Å². The molecule has 0 spiro atoms. The van der Waals surface area contributed by atoms with E-state index in [9.17, 15) is 13.5 Å². The van der Waals surface area contributed by atoms with Gasteiger partial charge in [0, 0.05) is 15.8 Å². The first kappa shape index (κ1) is 11.5. The molecule has 0 atom stereocenters. The van der Waals surface area contributed by atoms with Crippen molar-refractivity contribution >= 4 is 25.8 Å². The molecule has 0 saturated heterocycles. The molecule has 0 radical (unpaired) electrons. The van der Waals surface area contributed by atoms with E-state index in [2.05, 4.69) is 15.9 Å². The fraction of sp³-hybridized carbons (Fsp3) is 0.333. The summed E-state index contributed by atoms with van der Waals surface area (Å²) in [5.41, 5.74) is 0.440. The highest BCUT2D eigenvalue weighted by atomic mass is 79.9. The molecule has 0 amide bonds. The second-order valence-electron chi connectivity index (χ2n) is 2.95. The predicted molar refractivity (Wildman–Crippen MR) is 59.0 cm³/mol. The molecule has 14 heavy (non-hydrogen) atoms. The normalized spacial score (nSPS) is 11.6. The van der Waals surface area contributed by atoms with Crippen LogP contribution >= 0.6 is 15.9 Å². The Morgan fingerprint density at radius 2 is 2.07 bits per heavy atom. The van der Waals surface area contributed by atoms with Gasteiger partial charge in [-0.3, -0.25) is 0 Å². The summed E-state index contributed by atoms with van der Waals surface area (Å²) in [4.78, 5) is 0. The highest BCUT2D eigenvalue weighted by Crippen LogP contribution is 2.23. The number of benzene rings is 1. The van der Waals surface area contributed by atoms with Crippen LogP contribution in [0.25, 0.3) is 0 Å². The lowest BCUT2D eigenvalue weighted by Crippen LogP contribution is -2.06. The fourth-order valence-corrected chi connectivity index (χ4v) is 2.27. The lowest BCUT2D eigenvalue weighted by Gasteiger charge is -2.04. The zero-order chi connectivity index (χ0) is 10.8. The quantitative estimate of drug-likeness (QED) is 0.921. The molecule has 0 bridgehead atoms. The number of rotatable bonds is 3. The van der Waals surface area contributed by atoms with Gasteiger partial charge in [0.25, 0.3) is 0 Å². The van der Waals surface area contributed by atoms with Gasteiger partial charge < -0.3 is 5.11 Å². The van der Waals surface area contributed by atoms with Gasteiger partial charge in [-0.15, -0.1) is 0 Å². The molecule has 0 aliphatic heterocycles. The number of phenolic OH excluding ortho intramolecular Hbond substituents is 1. The summed E-state index contributed by atoms with van der Waals surface area (Å²) in [7, 11) is -3.08. The summed E-state index contributed by atoms with van der Waals surface area (Å²) in [6.45, 7) is 1.59. The predicted octanol–water partition coefficient (Wildman–Crippen LogP) is 2.09. The van der Waals surface area contributed by atoms with Gasteiger partial charge in [-0.05, 0) is 12.1 Å². The third-order valence-corrected chi connectivity index (χ3v) is 3.99. The fourth-order valence-electron chi connectivity index (χ4n) is 0.998. The largest absolute Gasteiger partial charge is 0.508 e. The standard InChI is InChI=1S/C9H11BrO3S/c1-2-14(12,13)6-7-3-4-8(10)5-9(7)11/h3-5,11H,2,6H2,1H3. The van der Waals surface area contributed by atoms with Crippen LogP contribution in [0.1, 0.15) is 12.5 Å². The Morgan fingerprint density at radius 3 is 2.57 bits per heavy atom. The van der Waals surface area contributed by atoms with E-state index in [1.807, 2.05) is 0 Å². The number of hydrogen-bond acceptors (Lipinski definition) is 3. The topological polar surface area (TPSA) is 54.4 Å². The Kier molecular flexibility index (Phi) is 3.55. The molecule has 0 saturated carbocycles. The van der Waals surface area contributed by atoms with Crippen molar-refractivity contribution in [2.75, 3.05) is 5.75 Å². The maximum atomic E-state index is 11.3. The van der Waals surface area contributed by atoms with E-state index in [4.69, 9.17) is 0 Å². The highest BCUT2D eigenvalue weighted by Gasteiger charge is 2.11. The summed E-state index contributed by atoms with van der Waals surface area (Å²) < 4.78 is 23.3. The van der Waals surface area contributed by atoms with E-state index < -0.39 is 9.84 Å². The number of hydrogen-bond donors (Lipinski definition) is 1. The van der Waals surface area contributed by atoms with Crippen LogP contribution in [-0.4, -0.2) is 19.3 Å². The van der Waals surface area contributed by atoms with Gasteiger partial charge in [0.1, 0.15) is 5.75 Å². The minimum absolute atomic E-state index is 0.0106. The van der Waals surface area contributed by atoms with Crippen molar-refractivity contribution in [2.24, 2.45) is 0 Å². The summed E-state index contributed by atoms with van der Waals surface area (Å²) >= 11 is 3.18. The van der Waals surface area contributed by atoms with Crippen molar-refractivity contribution < 1.29 is 13.5 Å². The second-order valence-corrected chi connectivity index (χ2v) is 6.22. The minimum Gasteiger partial charge on any atom is -0.508 e.